The van der Waals surface area contributed by atoms with Crippen LogP contribution in [0.15, 0.2) is 85.5 Å². The van der Waals surface area contributed by atoms with Crippen molar-refractivity contribution < 1.29 is 27.8 Å². The van der Waals surface area contributed by atoms with E-state index in [9.17, 15) is 23.6 Å². The number of nitrogens with zero attached hydrogens (tertiary/aromatic N) is 8. The standard InChI is InChI=1S/C21H20FN9O2.C21H19FN6O2/c1-11-7-17(25-10-14(11)22)27-18-8-16(13(9-24-18)21(32)23-2)26-15-6-4-5-12(19(15)33-3)20-28-30-31-29-20;1-12-7-18(26-11-15(12)22)28-19-8-17(14(10-25-19)21(29)24-2)27-16-6-4-5-13(9-23)20(16)30-3/h4-10H,1-3H3,(H,23,32)(H2,24,25,26,27)(H,28,29,30,31);4-8,10-11H,1-3H3,(H,24,29)(H2,25,26,27,28). The second-order valence-electron chi connectivity index (χ2n) is 13.1. The first-order valence-electron chi connectivity index (χ1n) is 18.7. The predicted molar refractivity (Wildman–Crippen MR) is 230 cm³/mol. The maximum Gasteiger partial charge on any atom is 0.254 e. The van der Waals surface area contributed by atoms with E-state index in [-0.39, 0.29) is 17.4 Å². The van der Waals surface area contributed by atoms with Gasteiger partial charge in [0.25, 0.3) is 11.8 Å². The lowest BCUT2D eigenvalue weighted by atomic mass is 10.1. The summed E-state index contributed by atoms with van der Waals surface area (Å²) in [5.74, 6) is 1.29. The summed E-state index contributed by atoms with van der Waals surface area (Å²) in [6.07, 6.45) is 5.08. The van der Waals surface area contributed by atoms with Crippen molar-refractivity contribution in [3.05, 3.63) is 125 Å². The van der Waals surface area contributed by atoms with Crippen LogP contribution in [-0.4, -0.2) is 80.7 Å². The van der Waals surface area contributed by atoms with Crippen LogP contribution in [0.2, 0.25) is 0 Å². The van der Waals surface area contributed by atoms with E-state index in [2.05, 4.69) is 78.5 Å². The van der Waals surface area contributed by atoms with Crippen LogP contribution in [0.4, 0.5) is 54.8 Å². The minimum Gasteiger partial charge on any atom is -0.494 e. The van der Waals surface area contributed by atoms with Crippen LogP contribution in [0, 0.1) is 36.8 Å². The van der Waals surface area contributed by atoms with Crippen LogP contribution >= 0.6 is 0 Å². The van der Waals surface area contributed by atoms with E-state index in [1.54, 1.807) is 74.5 Å². The van der Waals surface area contributed by atoms with Crippen molar-refractivity contribution in [1.29, 1.82) is 5.26 Å². The number of hydrogen-bond donors (Lipinski definition) is 7. The zero-order chi connectivity index (χ0) is 45.0. The molecule has 0 saturated heterocycles. The summed E-state index contributed by atoms with van der Waals surface area (Å²) in [7, 11) is 6.02. The molecule has 7 aromatic rings. The number of rotatable bonds is 13. The zero-order valence-electron chi connectivity index (χ0n) is 34.5. The van der Waals surface area contributed by atoms with Gasteiger partial charge in [0.2, 0.25) is 5.82 Å². The molecule has 19 nitrogen and oxygen atoms in total. The molecule has 0 aliphatic heterocycles. The Kier molecular flexibility index (Phi) is 13.9. The lowest BCUT2D eigenvalue weighted by molar-refractivity contribution is 0.0955. The summed E-state index contributed by atoms with van der Waals surface area (Å²) in [6.45, 7) is 3.27. The van der Waals surface area contributed by atoms with Crippen LogP contribution in [-0.2, 0) is 0 Å². The monoisotopic (exact) mass is 855 g/mol. The van der Waals surface area contributed by atoms with Crippen LogP contribution in [0.5, 0.6) is 11.5 Å². The number of H-pyrrole nitrogens is 1. The Labute approximate surface area is 358 Å². The topological polar surface area (TPSA) is 255 Å². The quantitative estimate of drug-likeness (QED) is 0.0644. The van der Waals surface area contributed by atoms with Crippen LogP contribution in [0.3, 0.4) is 0 Å². The lowest BCUT2D eigenvalue weighted by Crippen LogP contribution is -2.19. The molecular formula is C42H39F2N15O4. The van der Waals surface area contributed by atoms with Gasteiger partial charge >= 0.3 is 0 Å². The molecule has 0 bridgehead atoms. The molecule has 0 radical (unpaired) electrons. The van der Waals surface area contributed by atoms with E-state index < -0.39 is 11.6 Å². The molecule has 5 aromatic heterocycles. The molecule has 0 spiro atoms. The van der Waals surface area contributed by atoms with E-state index in [0.717, 1.165) is 12.4 Å². The molecule has 0 saturated carbocycles. The third-order valence-electron chi connectivity index (χ3n) is 9.04. The number of nitrogens with one attached hydrogen (secondary N) is 7. The third kappa shape index (κ3) is 10.3. The number of nitriles is 1. The molecular weight excluding hydrogens is 817 g/mol. The number of halogens is 2. The summed E-state index contributed by atoms with van der Waals surface area (Å²) in [5, 5.41) is 40.8. The van der Waals surface area contributed by atoms with Gasteiger partial charge in [-0.25, -0.2) is 28.7 Å². The molecule has 2 aromatic carbocycles. The Morgan fingerprint density at radius 2 is 1.13 bits per heavy atom. The molecule has 0 unspecified atom stereocenters. The summed E-state index contributed by atoms with van der Waals surface area (Å²) in [4.78, 5) is 41.3. The van der Waals surface area contributed by atoms with Gasteiger partial charge in [0.05, 0.1) is 71.6 Å². The average molecular weight is 856 g/mol. The molecule has 0 atom stereocenters. The number of aromatic nitrogens is 8. The number of aromatic amines is 1. The fourth-order valence-electron chi connectivity index (χ4n) is 5.90. The van der Waals surface area contributed by atoms with Gasteiger partial charge in [-0.1, -0.05) is 12.1 Å². The molecule has 63 heavy (non-hydrogen) atoms. The minimum absolute atomic E-state index is 0.288. The number of carbonyl (C=O) groups excluding carboxylic acids is 2. The van der Waals surface area contributed by atoms with Crippen LogP contribution in [0.25, 0.3) is 11.4 Å². The van der Waals surface area contributed by atoms with Crippen molar-refractivity contribution in [2.45, 2.75) is 13.8 Å². The SMILES string of the molecule is CNC(=O)c1cnc(Nc2cc(C)c(F)cn2)cc1Nc1cccc(-c2nn[nH]n2)c1OC.CNC(=O)c1cnc(Nc2cc(C)c(F)cn2)cc1Nc1cccc(C#N)c1OC. The van der Waals surface area contributed by atoms with Gasteiger partial charge in [0, 0.05) is 38.6 Å². The number of carbonyl (C=O) groups is 2. The first kappa shape index (κ1) is 43.8. The average Bonchev–Trinajstić information content (AvgIpc) is 3.84. The fourth-order valence-corrected chi connectivity index (χ4v) is 5.90. The highest BCUT2D eigenvalue weighted by Crippen LogP contribution is 2.37. The Bertz CT molecular complexity index is 2820. The molecule has 320 valence electrons. The number of aryl methyl sites for hydroxylation is 2. The largest absolute Gasteiger partial charge is 0.494 e. The van der Waals surface area contributed by atoms with E-state index >= 15 is 0 Å². The number of hydrogen-bond acceptors (Lipinski definition) is 16. The highest BCUT2D eigenvalue weighted by atomic mass is 19.1. The number of tetrazole rings is 1. The number of amides is 2. The van der Waals surface area contributed by atoms with Gasteiger partial charge in [-0.2, -0.15) is 10.5 Å². The molecule has 2 amide bonds. The van der Waals surface area contributed by atoms with Crippen LogP contribution < -0.4 is 41.4 Å². The maximum atomic E-state index is 13.5. The maximum absolute atomic E-state index is 13.5. The van der Waals surface area contributed by atoms with Gasteiger partial charge in [0.1, 0.15) is 41.0 Å². The Morgan fingerprint density at radius 1 is 0.651 bits per heavy atom. The predicted octanol–water partition coefficient (Wildman–Crippen LogP) is 6.61. The van der Waals surface area contributed by atoms with Gasteiger partial charge in [-0.3, -0.25) is 9.59 Å². The van der Waals surface area contributed by atoms with Crippen LogP contribution in [0.1, 0.15) is 37.4 Å². The highest BCUT2D eigenvalue weighted by molar-refractivity contribution is 6.01. The van der Waals surface area contributed by atoms with Crippen molar-refractivity contribution >= 4 is 57.8 Å². The van der Waals surface area contributed by atoms with Gasteiger partial charge in [-0.05, 0) is 66.6 Å². The first-order valence-corrected chi connectivity index (χ1v) is 18.7. The van der Waals surface area contributed by atoms with E-state index in [0.29, 0.717) is 91.2 Å². The van der Waals surface area contributed by atoms with E-state index in [4.69, 9.17) is 9.47 Å². The van der Waals surface area contributed by atoms with Gasteiger partial charge < -0.3 is 41.4 Å². The lowest BCUT2D eigenvalue weighted by Gasteiger charge is -2.17. The zero-order valence-corrected chi connectivity index (χ0v) is 34.5. The third-order valence-corrected chi connectivity index (χ3v) is 9.04. The molecule has 0 aliphatic rings. The van der Waals surface area contributed by atoms with Gasteiger partial charge in [-0.15, -0.1) is 10.2 Å². The van der Waals surface area contributed by atoms with Crippen molar-refractivity contribution in [2.24, 2.45) is 0 Å². The second-order valence-corrected chi connectivity index (χ2v) is 13.1. The van der Waals surface area contributed by atoms with Crippen molar-refractivity contribution in [2.75, 3.05) is 49.6 Å². The van der Waals surface area contributed by atoms with E-state index in [1.165, 1.54) is 40.7 Å². The minimum atomic E-state index is -0.407. The summed E-state index contributed by atoms with van der Waals surface area (Å²) >= 11 is 0. The molecule has 0 fully saturated rings. The second kappa shape index (κ2) is 20.0. The van der Waals surface area contributed by atoms with Crippen molar-refractivity contribution in [3.8, 4) is 29.0 Å². The highest BCUT2D eigenvalue weighted by Gasteiger charge is 2.19. The number of methoxy groups -OCH3 is 2. The molecule has 5 heterocycles. The summed E-state index contributed by atoms with van der Waals surface area (Å²) in [6, 6.07) is 18.9. The number of ether oxygens (including phenoxy) is 2. The smallest absolute Gasteiger partial charge is 0.254 e. The van der Waals surface area contributed by atoms with Crippen molar-refractivity contribution in [1.82, 2.24) is 51.2 Å². The molecule has 21 heteroatoms. The fraction of sp³-hybridized carbons (Fsp3) is 0.143. The normalized spacial score (nSPS) is 10.3. The number of benzene rings is 2. The first-order chi connectivity index (χ1) is 30.5. The Balaban J connectivity index is 0.000000211. The molecule has 7 N–H and O–H groups in total. The Morgan fingerprint density at radius 3 is 1.57 bits per heavy atom. The van der Waals surface area contributed by atoms with Gasteiger partial charge in [0.15, 0.2) is 11.5 Å². The number of para-hydroxylation sites is 2. The molecule has 7 rings (SSSR count). The molecule has 0 aliphatic carbocycles. The summed E-state index contributed by atoms with van der Waals surface area (Å²) < 4.78 is 37.9. The number of anilines is 8. The van der Waals surface area contributed by atoms with E-state index in [1.807, 2.05) is 0 Å². The number of pyridine rings is 4. The van der Waals surface area contributed by atoms with Crippen molar-refractivity contribution in [3.63, 3.8) is 0 Å². The summed E-state index contributed by atoms with van der Waals surface area (Å²) in [5.41, 5.74) is 4.38. The Hall–Kier alpha value is -8.80.